The molecule has 3 rings (SSSR count). The Morgan fingerprint density at radius 2 is 1.55 bits per heavy atom. The number of carbonyl (C=O) groups is 1. The van der Waals surface area contributed by atoms with E-state index in [0.717, 1.165) is 21.3 Å². The Hall–Kier alpha value is -3.12. The SMILES string of the molecule is Cc1ccc(COc2ccc(/C=N/NC(=O)COc3ccc(Br)cc3)cc2)cc1. The van der Waals surface area contributed by atoms with Gasteiger partial charge in [0.2, 0.25) is 0 Å². The fourth-order valence-electron chi connectivity index (χ4n) is 2.39. The van der Waals surface area contributed by atoms with Crippen LogP contribution in [0.5, 0.6) is 11.5 Å². The molecule has 1 N–H and O–H groups in total. The third kappa shape index (κ3) is 7.08. The summed E-state index contributed by atoms with van der Waals surface area (Å²) in [7, 11) is 0. The van der Waals surface area contributed by atoms with Gasteiger partial charge in [0.15, 0.2) is 6.61 Å². The smallest absolute Gasteiger partial charge is 0.277 e. The number of nitrogens with one attached hydrogen (secondary N) is 1. The molecule has 0 aromatic heterocycles. The Morgan fingerprint density at radius 3 is 2.24 bits per heavy atom. The summed E-state index contributed by atoms with van der Waals surface area (Å²) >= 11 is 3.35. The first kappa shape index (κ1) is 20.6. The lowest BCUT2D eigenvalue weighted by Crippen LogP contribution is -2.24. The van der Waals surface area contributed by atoms with Crippen LogP contribution in [-0.4, -0.2) is 18.7 Å². The summed E-state index contributed by atoms with van der Waals surface area (Å²) in [6.45, 7) is 2.47. The summed E-state index contributed by atoms with van der Waals surface area (Å²) in [4.78, 5) is 11.8. The highest BCUT2D eigenvalue weighted by atomic mass is 79.9. The predicted molar refractivity (Wildman–Crippen MR) is 117 cm³/mol. The molecule has 29 heavy (non-hydrogen) atoms. The zero-order chi connectivity index (χ0) is 20.5. The largest absolute Gasteiger partial charge is 0.489 e. The zero-order valence-corrected chi connectivity index (χ0v) is 17.6. The molecule has 0 aliphatic rings. The van der Waals surface area contributed by atoms with Gasteiger partial charge in [-0.2, -0.15) is 5.10 Å². The predicted octanol–water partition coefficient (Wildman–Crippen LogP) is 4.87. The van der Waals surface area contributed by atoms with Crippen molar-refractivity contribution in [3.63, 3.8) is 0 Å². The van der Waals surface area contributed by atoms with Gasteiger partial charge in [-0.05, 0) is 66.6 Å². The molecule has 0 spiro atoms. The fraction of sp³-hybridized carbons (Fsp3) is 0.130. The highest BCUT2D eigenvalue weighted by molar-refractivity contribution is 9.10. The molecule has 0 fully saturated rings. The van der Waals surface area contributed by atoms with Crippen LogP contribution in [0.15, 0.2) is 82.4 Å². The molecule has 0 saturated carbocycles. The van der Waals surface area contributed by atoms with Crippen LogP contribution in [0.1, 0.15) is 16.7 Å². The normalized spacial score (nSPS) is 10.7. The molecule has 0 saturated heterocycles. The van der Waals surface area contributed by atoms with Crippen LogP contribution in [-0.2, 0) is 11.4 Å². The second-order valence-electron chi connectivity index (χ2n) is 6.38. The van der Waals surface area contributed by atoms with Crippen molar-refractivity contribution < 1.29 is 14.3 Å². The minimum absolute atomic E-state index is 0.106. The topological polar surface area (TPSA) is 59.9 Å². The van der Waals surface area contributed by atoms with Crippen LogP contribution < -0.4 is 14.9 Å². The molecule has 0 bridgehead atoms. The first-order chi connectivity index (χ1) is 14.1. The lowest BCUT2D eigenvalue weighted by molar-refractivity contribution is -0.123. The molecule has 0 aliphatic carbocycles. The van der Waals surface area contributed by atoms with Gasteiger partial charge in [-0.3, -0.25) is 4.79 Å². The lowest BCUT2D eigenvalue weighted by atomic mass is 10.2. The van der Waals surface area contributed by atoms with E-state index >= 15 is 0 Å². The van der Waals surface area contributed by atoms with Gasteiger partial charge in [-0.15, -0.1) is 0 Å². The summed E-state index contributed by atoms with van der Waals surface area (Å²) in [6, 6.07) is 23.0. The maximum Gasteiger partial charge on any atom is 0.277 e. The summed E-state index contributed by atoms with van der Waals surface area (Å²) in [5, 5.41) is 3.95. The number of aryl methyl sites for hydroxylation is 1. The van der Waals surface area contributed by atoms with E-state index in [1.165, 1.54) is 5.56 Å². The van der Waals surface area contributed by atoms with Crippen molar-refractivity contribution in [3.8, 4) is 11.5 Å². The number of benzene rings is 3. The highest BCUT2D eigenvalue weighted by Gasteiger charge is 2.01. The van der Waals surface area contributed by atoms with Gasteiger partial charge in [-0.25, -0.2) is 5.43 Å². The minimum Gasteiger partial charge on any atom is -0.489 e. The Morgan fingerprint density at radius 1 is 0.931 bits per heavy atom. The molecular weight excluding hydrogens is 432 g/mol. The fourth-order valence-corrected chi connectivity index (χ4v) is 2.66. The maximum absolute atomic E-state index is 11.8. The molecule has 0 radical (unpaired) electrons. The van der Waals surface area contributed by atoms with Gasteiger partial charge >= 0.3 is 0 Å². The van der Waals surface area contributed by atoms with E-state index in [-0.39, 0.29) is 12.5 Å². The molecule has 0 aliphatic heterocycles. The molecule has 3 aromatic rings. The van der Waals surface area contributed by atoms with Crippen LogP contribution in [0.3, 0.4) is 0 Å². The van der Waals surface area contributed by atoms with Crippen molar-refractivity contribution in [3.05, 3.63) is 94.0 Å². The first-order valence-corrected chi connectivity index (χ1v) is 9.86. The summed E-state index contributed by atoms with van der Waals surface area (Å²) in [6.07, 6.45) is 1.57. The highest BCUT2D eigenvalue weighted by Crippen LogP contribution is 2.16. The number of hydrazone groups is 1. The second kappa shape index (κ2) is 10.4. The Kier molecular flexibility index (Phi) is 7.41. The van der Waals surface area contributed by atoms with Crippen LogP contribution >= 0.6 is 15.9 Å². The van der Waals surface area contributed by atoms with E-state index in [9.17, 15) is 4.79 Å². The molecule has 148 valence electrons. The third-order valence-corrected chi connectivity index (χ3v) is 4.52. The van der Waals surface area contributed by atoms with E-state index < -0.39 is 0 Å². The monoisotopic (exact) mass is 452 g/mol. The molecule has 6 heteroatoms. The van der Waals surface area contributed by atoms with Crippen molar-refractivity contribution in [2.24, 2.45) is 5.10 Å². The Bertz CT molecular complexity index is 953. The van der Waals surface area contributed by atoms with Crippen molar-refractivity contribution in [1.29, 1.82) is 0 Å². The van der Waals surface area contributed by atoms with E-state index in [0.29, 0.717) is 12.4 Å². The third-order valence-electron chi connectivity index (χ3n) is 3.99. The maximum atomic E-state index is 11.8. The molecule has 3 aromatic carbocycles. The number of halogens is 1. The van der Waals surface area contributed by atoms with Crippen LogP contribution in [0.4, 0.5) is 0 Å². The number of hydrogen-bond acceptors (Lipinski definition) is 4. The molecule has 0 atom stereocenters. The van der Waals surface area contributed by atoms with Crippen LogP contribution in [0.25, 0.3) is 0 Å². The average Bonchev–Trinajstić information content (AvgIpc) is 2.74. The molecule has 5 nitrogen and oxygen atoms in total. The summed E-state index contributed by atoms with van der Waals surface area (Å²) in [5.41, 5.74) is 5.64. The number of hydrogen-bond donors (Lipinski definition) is 1. The van der Waals surface area contributed by atoms with Gasteiger partial charge in [0.25, 0.3) is 5.91 Å². The first-order valence-electron chi connectivity index (χ1n) is 9.07. The van der Waals surface area contributed by atoms with Crippen LogP contribution in [0.2, 0.25) is 0 Å². The van der Waals surface area contributed by atoms with Gasteiger partial charge in [0, 0.05) is 4.47 Å². The van der Waals surface area contributed by atoms with Crippen molar-refractivity contribution in [2.45, 2.75) is 13.5 Å². The quantitative estimate of drug-likeness (QED) is 0.391. The molecule has 1 amide bonds. The number of ether oxygens (including phenoxy) is 2. The van der Waals surface area contributed by atoms with Crippen LogP contribution in [0, 0.1) is 6.92 Å². The average molecular weight is 453 g/mol. The molecular formula is C23H21BrN2O3. The standard InChI is InChI=1S/C23H21BrN2O3/c1-17-2-4-19(5-3-17)15-28-21-10-6-18(7-11-21)14-25-26-23(27)16-29-22-12-8-20(24)9-13-22/h2-14H,15-16H2,1H3,(H,26,27)/b25-14+. The van der Waals surface area contributed by atoms with E-state index in [1.807, 2.05) is 36.4 Å². The molecule has 0 unspecified atom stereocenters. The number of amides is 1. The Balaban J connectivity index is 1.41. The van der Waals surface area contributed by atoms with Gasteiger partial charge in [-0.1, -0.05) is 45.8 Å². The van der Waals surface area contributed by atoms with Gasteiger partial charge < -0.3 is 9.47 Å². The van der Waals surface area contributed by atoms with E-state index in [2.05, 4.69) is 57.6 Å². The van der Waals surface area contributed by atoms with Crippen molar-refractivity contribution >= 4 is 28.1 Å². The minimum atomic E-state index is -0.331. The summed E-state index contributed by atoms with van der Waals surface area (Å²) in [5.74, 6) is 1.06. The second-order valence-corrected chi connectivity index (χ2v) is 7.29. The zero-order valence-electron chi connectivity index (χ0n) is 16.0. The number of nitrogens with zero attached hydrogens (tertiary/aromatic N) is 1. The number of carbonyl (C=O) groups excluding carboxylic acids is 1. The summed E-state index contributed by atoms with van der Waals surface area (Å²) < 4.78 is 12.1. The van der Waals surface area contributed by atoms with Crippen molar-refractivity contribution in [2.75, 3.05) is 6.61 Å². The van der Waals surface area contributed by atoms with E-state index in [4.69, 9.17) is 9.47 Å². The number of rotatable bonds is 8. The van der Waals surface area contributed by atoms with E-state index in [1.54, 1.807) is 18.3 Å². The molecule has 0 heterocycles. The van der Waals surface area contributed by atoms with Gasteiger partial charge in [0.05, 0.1) is 6.21 Å². The lowest BCUT2D eigenvalue weighted by Gasteiger charge is -2.07. The van der Waals surface area contributed by atoms with Crippen molar-refractivity contribution in [1.82, 2.24) is 5.43 Å². The Labute approximate surface area is 178 Å². The van der Waals surface area contributed by atoms with Gasteiger partial charge in [0.1, 0.15) is 18.1 Å².